The Bertz CT molecular complexity index is 345. The first-order valence-electron chi connectivity index (χ1n) is 4.38. The summed E-state index contributed by atoms with van der Waals surface area (Å²) < 4.78 is 1.02. The first-order chi connectivity index (χ1) is 6.28. The zero-order valence-electron chi connectivity index (χ0n) is 8.61. The van der Waals surface area contributed by atoms with Gasteiger partial charge in [0.1, 0.15) is 0 Å². The van der Waals surface area contributed by atoms with Crippen LogP contribution in [0, 0.1) is 19.8 Å². The lowest BCUT2D eigenvalue weighted by Gasteiger charge is -2.26. The predicted octanol–water partition coefficient (Wildman–Crippen LogP) is 4.05. The molecule has 1 heterocycles. The molecule has 0 radical (unpaired) electrons. The maximum Gasteiger partial charge on any atom is 0.192 e. The van der Waals surface area contributed by atoms with Crippen LogP contribution in [0.1, 0.15) is 25.2 Å². The Morgan fingerprint density at radius 2 is 1.93 bits per heavy atom. The van der Waals surface area contributed by atoms with Gasteiger partial charge in [-0.2, -0.15) is 5.10 Å². The van der Waals surface area contributed by atoms with Gasteiger partial charge in [0.25, 0.3) is 0 Å². The van der Waals surface area contributed by atoms with Crippen LogP contribution >= 0.6 is 39.1 Å². The normalized spacial score (nSPS) is 16.0. The van der Waals surface area contributed by atoms with Crippen LogP contribution in [0.4, 0.5) is 0 Å². The number of halogens is 3. The average molecular weight is 300 g/mol. The lowest BCUT2D eigenvalue weighted by atomic mass is 10.2. The summed E-state index contributed by atoms with van der Waals surface area (Å²) in [5.74, 6) is 0.207. The molecule has 1 aromatic heterocycles. The summed E-state index contributed by atoms with van der Waals surface area (Å²) in [7, 11) is 0. The second-order valence-corrected chi connectivity index (χ2v) is 6.26. The van der Waals surface area contributed by atoms with Crippen LogP contribution in [0.5, 0.6) is 0 Å². The van der Waals surface area contributed by atoms with Crippen molar-refractivity contribution in [2.45, 2.75) is 31.6 Å². The molecule has 0 aliphatic heterocycles. The van der Waals surface area contributed by atoms with Crippen molar-refractivity contribution in [3.63, 3.8) is 0 Å². The zero-order chi connectivity index (χ0) is 11.1. The number of aromatic nitrogens is 2. The molecule has 5 heteroatoms. The summed E-state index contributed by atoms with van der Waals surface area (Å²) in [5, 5.41) is 4.98. The molecule has 1 unspecified atom stereocenters. The minimum Gasteiger partial charge on any atom is -0.236 e. The van der Waals surface area contributed by atoms with Gasteiger partial charge in [0, 0.05) is 5.92 Å². The summed E-state index contributed by atoms with van der Waals surface area (Å²) >= 11 is 15.9. The van der Waals surface area contributed by atoms with E-state index in [0.29, 0.717) is 5.02 Å². The van der Waals surface area contributed by atoms with Crippen molar-refractivity contribution in [3.8, 4) is 0 Å². The molecule has 1 rings (SSSR count). The van der Waals surface area contributed by atoms with Gasteiger partial charge in [-0.1, -0.05) is 37.0 Å². The van der Waals surface area contributed by atoms with E-state index in [4.69, 9.17) is 23.2 Å². The highest BCUT2D eigenvalue weighted by Crippen LogP contribution is 2.39. The summed E-state index contributed by atoms with van der Waals surface area (Å²) in [5.41, 5.74) is 1.68. The zero-order valence-corrected chi connectivity index (χ0v) is 11.7. The Kier molecular flexibility index (Phi) is 3.55. The summed E-state index contributed by atoms with van der Waals surface area (Å²) in [4.78, 5) is 0. The topological polar surface area (TPSA) is 17.8 Å². The van der Waals surface area contributed by atoms with Gasteiger partial charge in [0.05, 0.1) is 16.4 Å². The maximum absolute atomic E-state index is 6.35. The third-order valence-electron chi connectivity index (χ3n) is 2.18. The van der Waals surface area contributed by atoms with E-state index < -0.39 is 3.91 Å². The predicted molar refractivity (Wildman–Crippen MR) is 64.3 cm³/mol. The Morgan fingerprint density at radius 3 is 2.21 bits per heavy atom. The minimum absolute atomic E-state index is 0.207. The summed E-state index contributed by atoms with van der Waals surface area (Å²) in [6.07, 6.45) is 0. The molecule has 0 N–H and O–H groups in total. The van der Waals surface area contributed by atoms with E-state index in [1.807, 2.05) is 27.7 Å². The molecule has 0 aliphatic rings. The molecule has 2 nitrogen and oxygen atoms in total. The standard InChI is InChI=1S/C9H13BrCl2N2/c1-5(2)9(10,12)14-7(4)8(11)6(3)13-14/h5H,1-4H3. The number of aryl methyl sites for hydroxylation is 1. The first kappa shape index (κ1) is 12.3. The molecule has 0 bridgehead atoms. The van der Waals surface area contributed by atoms with Crippen molar-refractivity contribution >= 4 is 39.1 Å². The molecule has 80 valence electrons. The first-order valence-corrected chi connectivity index (χ1v) is 5.93. The average Bonchev–Trinajstić information content (AvgIpc) is 2.33. The van der Waals surface area contributed by atoms with Crippen molar-refractivity contribution in [1.29, 1.82) is 0 Å². The van der Waals surface area contributed by atoms with E-state index in [0.717, 1.165) is 11.4 Å². The SMILES string of the molecule is Cc1nn(C(Cl)(Br)C(C)C)c(C)c1Cl. The molecule has 1 atom stereocenters. The van der Waals surface area contributed by atoms with Gasteiger partial charge in [-0.3, -0.25) is 0 Å². The van der Waals surface area contributed by atoms with Crippen LogP contribution in [0.2, 0.25) is 5.02 Å². The van der Waals surface area contributed by atoms with Crippen molar-refractivity contribution in [2.24, 2.45) is 5.92 Å². The molecule has 14 heavy (non-hydrogen) atoms. The van der Waals surface area contributed by atoms with Crippen molar-refractivity contribution < 1.29 is 0 Å². The van der Waals surface area contributed by atoms with Crippen molar-refractivity contribution in [1.82, 2.24) is 9.78 Å². The molecule has 0 amide bonds. The molecular weight excluding hydrogens is 287 g/mol. The van der Waals surface area contributed by atoms with Gasteiger partial charge < -0.3 is 0 Å². The largest absolute Gasteiger partial charge is 0.236 e. The minimum atomic E-state index is -0.699. The van der Waals surface area contributed by atoms with Crippen molar-refractivity contribution in [2.75, 3.05) is 0 Å². The van der Waals surface area contributed by atoms with E-state index in [2.05, 4.69) is 21.0 Å². The third kappa shape index (κ3) is 1.95. The van der Waals surface area contributed by atoms with E-state index in [-0.39, 0.29) is 5.92 Å². The number of rotatable bonds is 2. The fraction of sp³-hybridized carbons (Fsp3) is 0.667. The smallest absolute Gasteiger partial charge is 0.192 e. The van der Waals surface area contributed by atoms with Gasteiger partial charge in [-0.05, 0) is 29.8 Å². The highest BCUT2D eigenvalue weighted by atomic mass is 79.9. The van der Waals surface area contributed by atoms with E-state index in [9.17, 15) is 0 Å². The Morgan fingerprint density at radius 1 is 1.43 bits per heavy atom. The van der Waals surface area contributed by atoms with Crippen LogP contribution in [0.15, 0.2) is 0 Å². The summed E-state index contributed by atoms with van der Waals surface area (Å²) in [6.45, 7) is 7.81. The fourth-order valence-corrected chi connectivity index (χ4v) is 1.79. The Balaban J connectivity index is 3.26. The molecule has 0 saturated carbocycles. The number of hydrogen-bond donors (Lipinski definition) is 0. The van der Waals surface area contributed by atoms with E-state index in [1.165, 1.54) is 0 Å². The van der Waals surface area contributed by atoms with Crippen LogP contribution in [0.3, 0.4) is 0 Å². The summed E-state index contributed by atoms with van der Waals surface area (Å²) in [6, 6.07) is 0. The highest BCUT2D eigenvalue weighted by Gasteiger charge is 2.33. The quantitative estimate of drug-likeness (QED) is 0.753. The van der Waals surface area contributed by atoms with Crippen molar-refractivity contribution in [3.05, 3.63) is 16.4 Å². The van der Waals surface area contributed by atoms with Crippen LogP contribution in [-0.4, -0.2) is 9.78 Å². The molecule has 0 saturated heterocycles. The number of hydrogen-bond acceptors (Lipinski definition) is 1. The van der Waals surface area contributed by atoms with Crippen LogP contribution in [0.25, 0.3) is 0 Å². The lowest BCUT2D eigenvalue weighted by molar-refractivity contribution is 0.416. The second-order valence-electron chi connectivity index (χ2n) is 3.64. The number of nitrogens with zero attached hydrogens (tertiary/aromatic N) is 2. The fourth-order valence-electron chi connectivity index (χ4n) is 1.16. The van der Waals surface area contributed by atoms with Gasteiger partial charge in [-0.25, -0.2) is 4.68 Å². The lowest BCUT2D eigenvalue weighted by Crippen LogP contribution is -2.28. The second kappa shape index (κ2) is 4.03. The van der Waals surface area contributed by atoms with Gasteiger partial charge in [0.2, 0.25) is 0 Å². The van der Waals surface area contributed by atoms with Crippen LogP contribution in [-0.2, 0) is 3.91 Å². The number of alkyl halides is 2. The van der Waals surface area contributed by atoms with Gasteiger partial charge in [-0.15, -0.1) is 0 Å². The molecule has 0 aliphatic carbocycles. The third-order valence-corrected chi connectivity index (χ3v) is 4.58. The van der Waals surface area contributed by atoms with Gasteiger partial charge >= 0.3 is 0 Å². The molecule has 1 aromatic rings. The monoisotopic (exact) mass is 298 g/mol. The Hall–Kier alpha value is 0.270. The Labute approximate surface area is 103 Å². The van der Waals surface area contributed by atoms with E-state index in [1.54, 1.807) is 4.68 Å². The van der Waals surface area contributed by atoms with E-state index >= 15 is 0 Å². The van der Waals surface area contributed by atoms with Crippen LogP contribution < -0.4 is 0 Å². The molecular formula is C9H13BrCl2N2. The maximum atomic E-state index is 6.35. The highest BCUT2D eigenvalue weighted by molar-refractivity contribution is 9.10. The van der Waals surface area contributed by atoms with Gasteiger partial charge in [0.15, 0.2) is 3.91 Å². The molecule has 0 aromatic carbocycles. The molecule has 0 spiro atoms. The molecule has 0 fully saturated rings.